The van der Waals surface area contributed by atoms with Gasteiger partial charge in [0.15, 0.2) is 0 Å². The number of hydrogen-bond acceptors (Lipinski definition) is 5. The average molecular weight is 262 g/mol. The van der Waals surface area contributed by atoms with Gasteiger partial charge in [0, 0.05) is 30.9 Å². The van der Waals surface area contributed by atoms with Gasteiger partial charge in [-0.25, -0.2) is 9.78 Å². The van der Waals surface area contributed by atoms with Crippen LogP contribution in [0.2, 0.25) is 0 Å². The minimum absolute atomic E-state index is 0.0866. The fraction of sp³-hybridized carbons (Fsp3) is 0.500. The SMILES string of the molecule is COC(=O)c1cc(N2CCCC(C(C)=O)C2)ccn1. The number of pyridine rings is 1. The van der Waals surface area contributed by atoms with Crippen molar-refractivity contribution in [3.8, 4) is 0 Å². The Labute approximate surface area is 112 Å². The van der Waals surface area contributed by atoms with Crippen LogP contribution in [0.3, 0.4) is 0 Å². The predicted molar refractivity (Wildman–Crippen MR) is 71.2 cm³/mol. The number of carbonyl (C=O) groups excluding carboxylic acids is 2. The molecule has 0 N–H and O–H groups in total. The molecule has 0 bridgehead atoms. The molecule has 2 rings (SSSR count). The highest BCUT2D eigenvalue weighted by atomic mass is 16.5. The van der Waals surface area contributed by atoms with Gasteiger partial charge in [-0.3, -0.25) is 4.79 Å². The van der Waals surface area contributed by atoms with E-state index in [0.29, 0.717) is 12.2 Å². The van der Waals surface area contributed by atoms with Crippen LogP contribution in [0.4, 0.5) is 5.69 Å². The summed E-state index contributed by atoms with van der Waals surface area (Å²) in [6.45, 7) is 3.24. The topological polar surface area (TPSA) is 59.5 Å². The number of rotatable bonds is 3. The van der Waals surface area contributed by atoms with Crippen molar-refractivity contribution < 1.29 is 14.3 Å². The van der Waals surface area contributed by atoms with E-state index in [2.05, 4.69) is 14.6 Å². The first kappa shape index (κ1) is 13.5. The van der Waals surface area contributed by atoms with Crippen LogP contribution < -0.4 is 4.90 Å². The van der Waals surface area contributed by atoms with Crippen molar-refractivity contribution in [1.82, 2.24) is 4.98 Å². The summed E-state index contributed by atoms with van der Waals surface area (Å²) in [4.78, 5) is 29.1. The standard InChI is InChI=1S/C14H18N2O3/c1-10(17)11-4-3-7-16(9-11)12-5-6-15-13(8-12)14(18)19-2/h5-6,8,11H,3-4,7,9H2,1-2H3. The van der Waals surface area contributed by atoms with Gasteiger partial charge in [-0.05, 0) is 31.9 Å². The van der Waals surface area contributed by atoms with Crippen LogP contribution >= 0.6 is 0 Å². The maximum atomic E-state index is 11.5. The van der Waals surface area contributed by atoms with Gasteiger partial charge in [0.2, 0.25) is 0 Å². The maximum Gasteiger partial charge on any atom is 0.356 e. The lowest BCUT2D eigenvalue weighted by Gasteiger charge is -2.33. The number of anilines is 1. The summed E-state index contributed by atoms with van der Waals surface area (Å²) in [5.74, 6) is -0.127. The molecule has 2 heterocycles. The molecular formula is C14H18N2O3. The van der Waals surface area contributed by atoms with Crippen LogP contribution in [0.25, 0.3) is 0 Å². The molecule has 1 aliphatic heterocycles. The summed E-state index contributed by atoms with van der Waals surface area (Å²) < 4.78 is 4.66. The van der Waals surface area contributed by atoms with Crippen LogP contribution in [-0.2, 0) is 9.53 Å². The third-order valence-electron chi connectivity index (χ3n) is 3.50. The summed E-state index contributed by atoms with van der Waals surface area (Å²) >= 11 is 0. The molecule has 1 saturated heterocycles. The maximum absolute atomic E-state index is 11.5. The molecule has 1 aromatic heterocycles. The molecule has 19 heavy (non-hydrogen) atoms. The van der Waals surface area contributed by atoms with Crippen molar-refractivity contribution in [1.29, 1.82) is 0 Å². The number of piperidine rings is 1. The van der Waals surface area contributed by atoms with E-state index in [9.17, 15) is 9.59 Å². The molecule has 0 aromatic carbocycles. The first-order valence-corrected chi connectivity index (χ1v) is 6.41. The van der Waals surface area contributed by atoms with Crippen molar-refractivity contribution in [2.45, 2.75) is 19.8 Å². The van der Waals surface area contributed by atoms with Gasteiger partial charge in [-0.1, -0.05) is 0 Å². The molecular weight excluding hydrogens is 244 g/mol. The van der Waals surface area contributed by atoms with E-state index in [1.165, 1.54) is 7.11 Å². The fourth-order valence-corrected chi connectivity index (χ4v) is 2.38. The fourth-order valence-electron chi connectivity index (χ4n) is 2.38. The summed E-state index contributed by atoms with van der Waals surface area (Å²) in [6, 6.07) is 3.57. The second kappa shape index (κ2) is 5.82. The molecule has 5 nitrogen and oxygen atoms in total. The van der Waals surface area contributed by atoms with E-state index in [4.69, 9.17) is 0 Å². The normalized spacial score (nSPS) is 19.1. The lowest BCUT2D eigenvalue weighted by molar-refractivity contribution is -0.120. The van der Waals surface area contributed by atoms with E-state index >= 15 is 0 Å². The molecule has 5 heteroatoms. The Hall–Kier alpha value is -1.91. The number of Topliss-reactive ketones (excluding diaryl/α,β-unsaturated/α-hetero) is 1. The number of methoxy groups -OCH3 is 1. The van der Waals surface area contributed by atoms with E-state index in [-0.39, 0.29) is 11.7 Å². The van der Waals surface area contributed by atoms with Crippen LogP contribution in [-0.4, -0.2) is 36.9 Å². The summed E-state index contributed by atoms with van der Waals surface area (Å²) in [7, 11) is 1.34. The number of esters is 1. The number of carbonyl (C=O) groups is 2. The number of aromatic nitrogens is 1. The molecule has 1 aliphatic rings. The molecule has 0 spiro atoms. The first-order chi connectivity index (χ1) is 9.11. The number of hydrogen-bond donors (Lipinski definition) is 0. The second-order valence-electron chi connectivity index (χ2n) is 4.79. The molecule has 1 aromatic rings. The minimum Gasteiger partial charge on any atom is -0.464 e. The van der Waals surface area contributed by atoms with Gasteiger partial charge in [-0.2, -0.15) is 0 Å². The van der Waals surface area contributed by atoms with Crippen molar-refractivity contribution in [2.24, 2.45) is 5.92 Å². The van der Waals surface area contributed by atoms with Crippen molar-refractivity contribution in [3.63, 3.8) is 0 Å². The molecule has 1 fully saturated rings. The number of ether oxygens (including phenoxy) is 1. The Morgan fingerprint density at radius 2 is 2.26 bits per heavy atom. The highest BCUT2D eigenvalue weighted by Gasteiger charge is 2.23. The van der Waals surface area contributed by atoms with Crippen molar-refractivity contribution in [2.75, 3.05) is 25.1 Å². The largest absolute Gasteiger partial charge is 0.464 e. The van der Waals surface area contributed by atoms with Gasteiger partial charge in [-0.15, -0.1) is 0 Å². The lowest BCUT2D eigenvalue weighted by atomic mass is 9.94. The third-order valence-corrected chi connectivity index (χ3v) is 3.50. The molecule has 0 amide bonds. The van der Waals surface area contributed by atoms with Crippen molar-refractivity contribution >= 4 is 17.4 Å². The minimum atomic E-state index is -0.443. The summed E-state index contributed by atoms with van der Waals surface area (Å²) in [6.07, 6.45) is 3.53. The monoisotopic (exact) mass is 262 g/mol. The summed E-state index contributed by atoms with van der Waals surface area (Å²) in [5.41, 5.74) is 1.21. The molecule has 0 radical (unpaired) electrons. The Morgan fingerprint density at radius 3 is 2.95 bits per heavy atom. The van der Waals surface area contributed by atoms with E-state index in [0.717, 1.165) is 25.1 Å². The smallest absolute Gasteiger partial charge is 0.356 e. The number of ketones is 1. The molecule has 1 atom stereocenters. The highest BCUT2D eigenvalue weighted by Crippen LogP contribution is 2.24. The van der Waals surface area contributed by atoms with Crippen LogP contribution in [0.1, 0.15) is 30.3 Å². The van der Waals surface area contributed by atoms with Crippen LogP contribution in [0.5, 0.6) is 0 Å². The zero-order valence-corrected chi connectivity index (χ0v) is 11.3. The molecule has 0 aliphatic carbocycles. The van der Waals surface area contributed by atoms with E-state index < -0.39 is 5.97 Å². The zero-order chi connectivity index (χ0) is 13.8. The Bertz CT molecular complexity index is 487. The Morgan fingerprint density at radius 1 is 1.47 bits per heavy atom. The quantitative estimate of drug-likeness (QED) is 0.775. The molecule has 1 unspecified atom stereocenters. The van der Waals surface area contributed by atoms with Gasteiger partial charge in [0.25, 0.3) is 0 Å². The Balaban J connectivity index is 2.17. The first-order valence-electron chi connectivity index (χ1n) is 6.41. The summed E-state index contributed by atoms with van der Waals surface area (Å²) in [5, 5.41) is 0. The molecule has 102 valence electrons. The number of nitrogens with zero attached hydrogens (tertiary/aromatic N) is 2. The average Bonchev–Trinajstić information content (AvgIpc) is 2.46. The van der Waals surface area contributed by atoms with E-state index in [1.807, 2.05) is 6.07 Å². The molecule has 0 saturated carbocycles. The van der Waals surface area contributed by atoms with Gasteiger partial charge >= 0.3 is 5.97 Å². The lowest BCUT2D eigenvalue weighted by Crippen LogP contribution is -2.38. The Kier molecular flexibility index (Phi) is 4.14. The van der Waals surface area contributed by atoms with Gasteiger partial charge in [0.05, 0.1) is 7.11 Å². The zero-order valence-electron chi connectivity index (χ0n) is 11.3. The predicted octanol–water partition coefficient (Wildman–Crippen LogP) is 1.67. The van der Waals surface area contributed by atoms with Crippen molar-refractivity contribution in [3.05, 3.63) is 24.0 Å². The van der Waals surface area contributed by atoms with Gasteiger partial charge < -0.3 is 9.64 Å². The van der Waals surface area contributed by atoms with Crippen LogP contribution in [0, 0.1) is 5.92 Å². The van der Waals surface area contributed by atoms with Crippen LogP contribution in [0.15, 0.2) is 18.3 Å². The third kappa shape index (κ3) is 3.10. The second-order valence-corrected chi connectivity index (χ2v) is 4.79. The highest BCUT2D eigenvalue weighted by molar-refractivity contribution is 5.88. The van der Waals surface area contributed by atoms with E-state index in [1.54, 1.807) is 19.2 Å². The van der Waals surface area contributed by atoms with Gasteiger partial charge in [0.1, 0.15) is 11.5 Å².